The molecule has 0 bridgehead atoms. The molecule has 10 heteroatoms. The van der Waals surface area contributed by atoms with Crippen molar-refractivity contribution in [1.29, 1.82) is 0 Å². The lowest BCUT2D eigenvalue weighted by Crippen LogP contribution is -2.11. The largest absolute Gasteiger partial charge is 0.497 e. The van der Waals surface area contributed by atoms with Gasteiger partial charge in [-0.15, -0.1) is 0 Å². The Morgan fingerprint density at radius 3 is 1.38 bits per heavy atom. The number of methoxy groups -OCH3 is 2. The molecule has 4 aromatic carbocycles. The summed E-state index contributed by atoms with van der Waals surface area (Å²) in [4.78, 5) is 32.4. The first-order valence-corrected chi connectivity index (χ1v) is 12.1. The number of aromatic nitrogens is 2. The molecule has 2 amide bonds. The van der Waals surface area contributed by atoms with E-state index in [4.69, 9.17) is 18.3 Å². The van der Waals surface area contributed by atoms with Gasteiger partial charge in [0.2, 0.25) is 0 Å². The van der Waals surface area contributed by atoms with E-state index in [1.54, 1.807) is 99.1 Å². The summed E-state index contributed by atoms with van der Waals surface area (Å²) in [6.07, 6.45) is 0. The van der Waals surface area contributed by atoms with Gasteiger partial charge in [-0.05, 0) is 48.5 Å². The molecule has 0 aliphatic carbocycles. The fourth-order valence-corrected chi connectivity index (χ4v) is 3.69. The maximum atomic E-state index is 12.0. The third kappa shape index (κ3) is 6.08. The van der Waals surface area contributed by atoms with Crippen LogP contribution in [0.3, 0.4) is 0 Å². The molecule has 40 heavy (non-hydrogen) atoms. The van der Waals surface area contributed by atoms with Crippen LogP contribution in [0.25, 0.3) is 22.2 Å². The Morgan fingerprint density at radius 2 is 1.00 bits per heavy atom. The van der Waals surface area contributed by atoms with Crippen LogP contribution in [0.1, 0.15) is 20.7 Å². The van der Waals surface area contributed by atoms with Gasteiger partial charge in [-0.3, -0.25) is 20.2 Å². The first-order chi connectivity index (χ1) is 19.5. The SMILES string of the molecule is COc1ccc2oc(NC(=O)c3ccccc3)nc2c1.COc1ccc2oc(NC(=O)c3ccccc3)nc2c1. The number of rotatable bonds is 6. The Morgan fingerprint density at radius 1 is 0.600 bits per heavy atom. The van der Waals surface area contributed by atoms with E-state index in [2.05, 4.69) is 20.6 Å². The van der Waals surface area contributed by atoms with Crippen LogP contribution in [0, 0.1) is 0 Å². The molecule has 0 atom stereocenters. The van der Waals surface area contributed by atoms with Crippen LogP contribution in [0.2, 0.25) is 0 Å². The Kier molecular flexibility index (Phi) is 7.68. The predicted octanol–water partition coefficient (Wildman–Crippen LogP) is 6.18. The van der Waals surface area contributed by atoms with E-state index in [-0.39, 0.29) is 23.8 Å². The normalized spacial score (nSPS) is 10.4. The zero-order chi connectivity index (χ0) is 27.9. The van der Waals surface area contributed by atoms with Gasteiger partial charge in [0.05, 0.1) is 14.2 Å². The van der Waals surface area contributed by atoms with Crippen LogP contribution < -0.4 is 20.1 Å². The number of hydrogen-bond donors (Lipinski definition) is 2. The first kappa shape index (κ1) is 26.0. The highest BCUT2D eigenvalue weighted by Crippen LogP contribution is 2.25. The van der Waals surface area contributed by atoms with E-state index in [9.17, 15) is 9.59 Å². The lowest BCUT2D eigenvalue weighted by Gasteiger charge is -1.99. The number of hydrogen-bond acceptors (Lipinski definition) is 8. The number of ether oxygens (including phenoxy) is 2. The Bertz CT molecular complexity index is 1630. The van der Waals surface area contributed by atoms with Gasteiger partial charge in [-0.25, -0.2) is 0 Å². The minimum atomic E-state index is -0.260. The van der Waals surface area contributed by atoms with Crippen molar-refractivity contribution in [1.82, 2.24) is 9.97 Å². The van der Waals surface area contributed by atoms with Gasteiger partial charge < -0.3 is 18.3 Å². The highest BCUT2D eigenvalue weighted by atomic mass is 16.5. The molecule has 0 aliphatic rings. The molecule has 10 nitrogen and oxygen atoms in total. The molecule has 0 saturated carbocycles. The number of benzene rings is 4. The van der Waals surface area contributed by atoms with Crippen molar-refractivity contribution < 1.29 is 27.9 Å². The number of anilines is 2. The van der Waals surface area contributed by atoms with Crippen molar-refractivity contribution in [2.75, 3.05) is 24.9 Å². The summed E-state index contributed by atoms with van der Waals surface area (Å²) in [5.74, 6) is 0.853. The third-order valence-electron chi connectivity index (χ3n) is 5.70. The molecule has 6 aromatic rings. The lowest BCUT2D eigenvalue weighted by atomic mass is 10.2. The average molecular weight is 537 g/mol. The summed E-state index contributed by atoms with van der Waals surface area (Å²) < 4.78 is 21.1. The van der Waals surface area contributed by atoms with Crippen LogP contribution in [0.4, 0.5) is 12.0 Å². The quantitative estimate of drug-likeness (QED) is 0.258. The summed E-state index contributed by atoms with van der Waals surface area (Å²) >= 11 is 0. The molecule has 2 aromatic heterocycles. The van der Waals surface area contributed by atoms with Crippen molar-refractivity contribution in [2.24, 2.45) is 0 Å². The average Bonchev–Trinajstić information content (AvgIpc) is 3.60. The number of nitrogens with zero attached hydrogens (tertiary/aromatic N) is 2. The van der Waals surface area contributed by atoms with Crippen molar-refractivity contribution >= 4 is 46.0 Å². The summed E-state index contributed by atoms with van der Waals surface area (Å²) in [5, 5.41) is 5.26. The second kappa shape index (κ2) is 11.8. The number of carbonyl (C=O) groups is 2. The predicted molar refractivity (Wildman–Crippen MR) is 150 cm³/mol. The van der Waals surface area contributed by atoms with E-state index < -0.39 is 0 Å². The van der Waals surface area contributed by atoms with Crippen LogP contribution in [0.15, 0.2) is 106 Å². The van der Waals surface area contributed by atoms with Crippen LogP contribution in [-0.4, -0.2) is 36.0 Å². The fourth-order valence-electron chi connectivity index (χ4n) is 3.69. The van der Waals surface area contributed by atoms with Gasteiger partial charge in [-0.1, -0.05) is 36.4 Å². The van der Waals surface area contributed by atoms with Crippen molar-refractivity contribution in [3.05, 3.63) is 108 Å². The van der Waals surface area contributed by atoms with Gasteiger partial charge >= 0.3 is 12.0 Å². The van der Waals surface area contributed by atoms with Crippen LogP contribution in [0.5, 0.6) is 11.5 Å². The molecule has 200 valence electrons. The maximum Gasteiger partial charge on any atom is 0.302 e. The number of nitrogens with one attached hydrogen (secondary N) is 2. The van der Waals surface area contributed by atoms with E-state index in [0.29, 0.717) is 44.8 Å². The lowest BCUT2D eigenvalue weighted by molar-refractivity contribution is 0.101. The number of amides is 2. The molecule has 0 saturated heterocycles. The minimum absolute atomic E-state index is 0.169. The van der Waals surface area contributed by atoms with Gasteiger partial charge in [-0.2, -0.15) is 9.97 Å². The first-order valence-electron chi connectivity index (χ1n) is 12.1. The Labute approximate surface area is 228 Å². The van der Waals surface area contributed by atoms with Crippen molar-refractivity contribution in [3.8, 4) is 11.5 Å². The van der Waals surface area contributed by atoms with Crippen LogP contribution >= 0.6 is 0 Å². The maximum absolute atomic E-state index is 12.0. The molecule has 0 fully saturated rings. The van der Waals surface area contributed by atoms with Gasteiger partial charge in [0, 0.05) is 23.3 Å². The monoisotopic (exact) mass is 536 g/mol. The highest BCUT2D eigenvalue weighted by Gasteiger charge is 2.12. The summed E-state index contributed by atoms with van der Waals surface area (Å²) in [6.45, 7) is 0. The van der Waals surface area contributed by atoms with Crippen molar-refractivity contribution in [2.45, 2.75) is 0 Å². The molecular weight excluding hydrogens is 512 g/mol. The van der Waals surface area contributed by atoms with Crippen LogP contribution in [-0.2, 0) is 0 Å². The number of fused-ring (bicyclic) bond motifs is 2. The Balaban J connectivity index is 0.000000161. The number of oxazole rings is 2. The molecule has 2 N–H and O–H groups in total. The molecule has 0 aliphatic heterocycles. The topological polar surface area (TPSA) is 129 Å². The molecular formula is C30H24N4O6. The third-order valence-corrected chi connectivity index (χ3v) is 5.70. The highest BCUT2D eigenvalue weighted by molar-refractivity contribution is 6.04. The summed E-state index contributed by atoms with van der Waals surface area (Å²) in [7, 11) is 3.17. The van der Waals surface area contributed by atoms with E-state index in [1.165, 1.54) is 0 Å². The standard InChI is InChI=1S/2C15H12N2O3/c2*1-19-11-7-8-13-12(9-11)16-15(20-13)17-14(18)10-5-3-2-4-6-10/h2*2-9H,1H3,(H,16,17,18). The molecule has 0 unspecified atom stereocenters. The minimum Gasteiger partial charge on any atom is -0.497 e. The fraction of sp³-hybridized carbons (Fsp3) is 0.0667. The van der Waals surface area contributed by atoms with E-state index in [1.807, 2.05) is 12.1 Å². The second-order valence-corrected chi connectivity index (χ2v) is 8.35. The van der Waals surface area contributed by atoms with Crippen molar-refractivity contribution in [3.63, 3.8) is 0 Å². The zero-order valence-corrected chi connectivity index (χ0v) is 21.6. The second-order valence-electron chi connectivity index (χ2n) is 8.35. The zero-order valence-electron chi connectivity index (χ0n) is 21.6. The summed E-state index contributed by atoms with van der Waals surface area (Å²) in [5.41, 5.74) is 3.54. The van der Waals surface area contributed by atoms with Gasteiger partial charge in [0.1, 0.15) is 22.5 Å². The van der Waals surface area contributed by atoms with E-state index in [0.717, 1.165) is 0 Å². The molecule has 0 radical (unpaired) electrons. The van der Waals surface area contributed by atoms with Gasteiger partial charge in [0.25, 0.3) is 11.8 Å². The molecule has 2 heterocycles. The van der Waals surface area contributed by atoms with Gasteiger partial charge in [0.15, 0.2) is 11.2 Å². The summed E-state index contributed by atoms with van der Waals surface area (Å²) in [6, 6.07) is 28.7. The smallest absolute Gasteiger partial charge is 0.302 e. The molecule has 6 rings (SSSR count). The van der Waals surface area contributed by atoms with E-state index >= 15 is 0 Å². The molecule has 0 spiro atoms. The number of carbonyl (C=O) groups excluding carboxylic acids is 2. The Hall–Kier alpha value is -5.64.